The van der Waals surface area contributed by atoms with Gasteiger partial charge in [0.05, 0.1) is 12.7 Å². The zero-order valence-corrected chi connectivity index (χ0v) is 12.2. The van der Waals surface area contributed by atoms with E-state index in [0.29, 0.717) is 22.9 Å². The molecule has 5 heteroatoms. The summed E-state index contributed by atoms with van der Waals surface area (Å²) in [4.78, 5) is 0. The van der Waals surface area contributed by atoms with Crippen LogP contribution in [0.15, 0.2) is 36.4 Å². The number of halogens is 2. The molecule has 0 unspecified atom stereocenters. The normalized spacial score (nSPS) is 10.0. The van der Waals surface area contributed by atoms with Gasteiger partial charge >= 0.3 is 0 Å². The van der Waals surface area contributed by atoms with Crippen molar-refractivity contribution in [3.63, 3.8) is 0 Å². The fraction of sp³-hybridized carbons (Fsp3) is 0.188. The van der Waals surface area contributed by atoms with E-state index in [1.807, 2.05) is 6.07 Å². The predicted molar refractivity (Wildman–Crippen MR) is 78.0 cm³/mol. The topological polar surface area (TPSA) is 42.2 Å². The molecule has 2 rings (SSSR count). The largest absolute Gasteiger partial charge is 0.493 e. The third-order valence-corrected chi connectivity index (χ3v) is 3.24. The first-order valence-corrected chi connectivity index (χ1v) is 6.75. The standard InChI is InChI=1S/C16H13ClFNO2/c1-20-15-5-3-11(8-17)7-16(15)21-10-12-2-4-14(18)13(6-12)9-19/h2-7H,8,10H2,1H3. The van der Waals surface area contributed by atoms with Crippen LogP contribution in [0.3, 0.4) is 0 Å². The van der Waals surface area contributed by atoms with Crippen molar-refractivity contribution in [2.75, 3.05) is 7.11 Å². The Labute approximate surface area is 127 Å². The predicted octanol–water partition coefficient (Wildman–Crippen LogP) is 4.02. The van der Waals surface area contributed by atoms with E-state index in [2.05, 4.69) is 0 Å². The summed E-state index contributed by atoms with van der Waals surface area (Å²) in [7, 11) is 1.55. The lowest BCUT2D eigenvalue weighted by atomic mass is 10.1. The van der Waals surface area contributed by atoms with Gasteiger partial charge in [0.2, 0.25) is 0 Å². The lowest BCUT2D eigenvalue weighted by Gasteiger charge is -2.12. The summed E-state index contributed by atoms with van der Waals surface area (Å²) >= 11 is 5.79. The van der Waals surface area contributed by atoms with Crippen LogP contribution < -0.4 is 9.47 Å². The Morgan fingerprint density at radius 2 is 1.90 bits per heavy atom. The molecule has 0 heterocycles. The molecule has 0 spiro atoms. The van der Waals surface area contributed by atoms with Crippen molar-refractivity contribution in [1.29, 1.82) is 5.26 Å². The number of hydrogen-bond donors (Lipinski definition) is 0. The number of hydrogen-bond acceptors (Lipinski definition) is 3. The molecule has 0 radical (unpaired) electrons. The molecule has 0 saturated heterocycles. The maximum absolute atomic E-state index is 13.3. The van der Waals surface area contributed by atoms with Gasteiger partial charge < -0.3 is 9.47 Å². The minimum atomic E-state index is -0.539. The van der Waals surface area contributed by atoms with Gasteiger partial charge in [0, 0.05) is 5.88 Å². The molecular weight excluding hydrogens is 293 g/mol. The van der Waals surface area contributed by atoms with Gasteiger partial charge in [-0.05, 0) is 35.4 Å². The first-order chi connectivity index (χ1) is 10.2. The number of rotatable bonds is 5. The van der Waals surface area contributed by atoms with Crippen LogP contribution in [0, 0.1) is 17.1 Å². The highest BCUT2D eigenvalue weighted by molar-refractivity contribution is 6.17. The maximum Gasteiger partial charge on any atom is 0.161 e. The van der Waals surface area contributed by atoms with Crippen LogP contribution in [0.1, 0.15) is 16.7 Å². The molecule has 0 fully saturated rings. The van der Waals surface area contributed by atoms with Crippen molar-refractivity contribution in [3.8, 4) is 17.6 Å². The Balaban J connectivity index is 2.18. The molecule has 0 atom stereocenters. The first-order valence-electron chi connectivity index (χ1n) is 6.22. The van der Waals surface area contributed by atoms with E-state index in [-0.39, 0.29) is 12.2 Å². The number of nitrogens with zero attached hydrogens (tertiary/aromatic N) is 1. The fourth-order valence-corrected chi connectivity index (χ4v) is 1.99. The van der Waals surface area contributed by atoms with Crippen molar-refractivity contribution >= 4 is 11.6 Å². The quantitative estimate of drug-likeness (QED) is 0.783. The lowest BCUT2D eigenvalue weighted by Crippen LogP contribution is -1.99. The lowest BCUT2D eigenvalue weighted by molar-refractivity contribution is 0.284. The Morgan fingerprint density at radius 3 is 2.57 bits per heavy atom. The van der Waals surface area contributed by atoms with E-state index < -0.39 is 5.82 Å². The molecular formula is C16H13ClFNO2. The minimum Gasteiger partial charge on any atom is -0.493 e. The minimum absolute atomic E-state index is 0.00225. The summed E-state index contributed by atoms with van der Waals surface area (Å²) < 4.78 is 24.1. The Morgan fingerprint density at radius 1 is 1.14 bits per heavy atom. The number of benzene rings is 2. The van der Waals surface area contributed by atoms with Crippen LogP contribution in [0.25, 0.3) is 0 Å². The average molecular weight is 306 g/mol. The van der Waals surface area contributed by atoms with Gasteiger partial charge in [-0.25, -0.2) is 4.39 Å². The number of ether oxygens (including phenoxy) is 2. The SMILES string of the molecule is COc1ccc(CCl)cc1OCc1ccc(F)c(C#N)c1. The number of nitriles is 1. The summed E-state index contributed by atoms with van der Waals surface area (Å²) in [6.45, 7) is 0.205. The second kappa shape index (κ2) is 6.96. The van der Waals surface area contributed by atoms with Crippen LogP contribution >= 0.6 is 11.6 Å². The van der Waals surface area contributed by atoms with Gasteiger partial charge in [-0.3, -0.25) is 0 Å². The maximum atomic E-state index is 13.3. The molecule has 0 N–H and O–H groups in total. The summed E-state index contributed by atoms with van der Waals surface area (Å²) in [6, 6.07) is 11.5. The molecule has 21 heavy (non-hydrogen) atoms. The molecule has 2 aromatic carbocycles. The zero-order chi connectivity index (χ0) is 15.2. The third kappa shape index (κ3) is 3.65. The van der Waals surface area contributed by atoms with Crippen LogP contribution in [-0.4, -0.2) is 7.11 Å². The van der Waals surface area contributed by atoms with Gasteiger partial charge in [0.25, 0.3) is 0 Å². The van der Waals surface area contributed by atoms with Crippen LogP contribution in [-0.2, 0) is 12.5 Å². The van der Waals surface area contributed by atoms with Crippen molar-refractivity contribution in [3.05, 3.63) is 58.9 Å². The molecule has 0 aliphatic rings. The molecule has 0 aliphatic heterocycles. The highest BCUT2D eigenvalue weighted by Crippen LogP contribution is 2.29. The molecule has 3 nitrogen and oxygen atoms in total. The summed E-state index contributed by atoms with van der Waals surface area (Å²) in [5.74, 6) is 0.975. The van der Waals surface area contributed by atoms with E-state index in [0.717, 1.165) is 5.56 Å². The smallest absolute Gasteiger partial charge is 0.161 e. The summed E-state index contributed by atoms with van der Waals surface area (Å²) in [6.07, 6.45) is 0. The van der Waals surface area contributed by atoms with E-state index in [9.17, 15) is 4.39 Å². The van der Waals surface area contributed by atoms with Crippen molar-refractivity contribution in [1.82, 2.24) is 0 Å². The molecule has 2 aromatic rings. The Bertz CT molecular complexity index is 682. The van der Waals surface area contributed by atoms with Gasteiger partial charge in [-0.1, -0.05) is 12.1 Å². The third-order valence-electron chi connectivity index (χ3n) is 2.93. The van der Waals surface area contributed by atoms with Crippen LogP contribution in [0.4, 0.5) is 4.39 Å². The molecule has 0 amide bonds. The Hall–Kier alpha value is -2.25. The van der Waals surface area contributed by atoms with E-state index in [1.54, 1.807) is 31.4 Å². The van der Waals surface area contributed by atoms with Gasteiger partial charge in [-0.15, -0.1) is 11.6 Å². The van der Waals surface area contributed by atoms with Crippen LogP contribution in [0.5, 0.6) is 11.5 Å². The monoisotopic (exact) mass is 305 g/mol. The summed E-state index contributed by atoms with van der Waals surface area (Å²) in [5, 5.41) is 8.81. The van der Waals surface area contributed by atoms with Gasteiger partial charge in [0.15, 0.2) is 11.5 Å². The average Bonchev–Trinajstić information content (AvgIpc) is 2.53. The Kier molecular flexibility index (Phi) is 5.02. The highest BCUT2D eigenvalue weighted by Gasteiger charge is 2.08. The second-order valence-corrected chi connectivity index (χ2v) is 4.60. The van der Waals surface area contributed by atoms with Crippen molar-refractivity contribution < 1.29 is 13.9 Å². The number of alkyl halides is 1. The van der Waals surface area contributed by atoms with Crippen molar-refractivity contribution in [2.45, 2.75) is 12.5 Å². The van der Waals surface area contributed by atoms with E-state index in [1.165, 1.54) is 12.1 Å². The van der Waals surface area contributed by atoms with E-state index in [4.69, 9.17) is 26.3 Å². The van der Waals surface area contributed by atoms with Crippen molar-refractivity contribution in [2.24, 2.45) is 0 Å². The van der Waals surface area contributed by atoms with Crippen LogP contribution in [0.2, 0.25) is 0 Å². The molecule has 0 aromatic heterocycles. The fourth-order valence-electron chi connectivity index (χ4n) is 1.83. The molecule has 108 valence electrons. The van der Waals surface area contributed by atoms with Gasteiger partial charge in [0.1, 0.15) is 18.5 Å². The number of methoxy groups -OCH3 is 1. The first kappa shape index (κ1) is 15.1. The van der Waals surface area contributed by atoms with Gasteiger partial charge in [-0.2, -0.15) is 5.26 Å². The second-order valence-electron chi connectivity index (χ2n) is 4.33. The zero-order valence-electron chi connectivity index (χ0n) is 11.4. The molecule has 0 saturated carbocycles. The molecule has 0 bridgehead atoms. The molecule has 0 aliphatic carbocycles. The van der Waals surface area contributed by atoms with E-state index >= 15 is 0 Å². The summed E-state index contributed by atoms with van der Waals surface area (Å²) in [5.41, 5.74) is 1.60. The highest BCUT2D eigenvalue weighted by atomic mass is 35.5.